The average Bonchev–Trinajstić information content (AvgIpc) is 2.63. The van der Waals surface area contributed by atoms with Crippen molar-refractivity contribution < 1.29 is 4.21 Å². The molecule has 0 aliphatic rings. The first-order valence-corrected chi connectivity index (χ1v) is 10.5. The molecule has 0 fully saturated rings. The first-order valence-electron chi connectivity index (χ1n) is 8.30. The van der Waals surface area contributed by atoms with Crippen LogP contribution in [0.4, 0.5) is 0 Å². The number of hydrogen-bond donors (Lipinski definition) is 2. The zero-order chi connectivity index (χ0) is 18.9. The summed E-state index contributed by atoms with van der Waals surface area (Å²) in [4.78, 5) is 4.21. The fraction of sp³-hybridized carbons (Fsp3) is 0.316. The highest BCUT2D eigenvalue weighted by Gasteiger charge is 2.10. The Balaban J connectivity index is 1.80. The van der Waals surface area contributed by atoms with Gasteiger partial charge in [0.1, 0.15) is 0 Å². The number of benzene rings is 2. The highest BCUT2D eigenvalue weighted by Crippen LogP contribution is 2.25. The Labute approximate surface area is 167 Å². The molecule has 4 nitrogen and oxygen atoms in total. The Morgan fingerprint density at radius 2 is 1.88 bits per heavy atom. The topological polar surface area (TPSA) is 53.5 Å². The van der Waals surface area contributed by atoms with Crippen molar-refractivity contribution >= 4 is 40.0 Å². The molecule has 0 amide bonds. The second kappa shape index (κ2) is 10.6. The third kappa shape index (κ3) is 6.63. The number of nitrogens with one attached hydrogen (secondary N) is 2. The molecule has 2 unspecified atom stereocenters. The Bertz CT molecular complexity index is 769. The summed E-state index contributed by atoms with van der Waals surface area (Å²) in [7, 11) is 0.785. The van der Waals surface area contributed by atoms with Crippen molar-refractivity contribution in [2.24, 2.45) is 4.99 Å². The molecule has 2 atom stereocenters. The number of nitrogens with zero attached hydrogens (tertiary/aromatic N) is 1. The first kappa shape index (κ1) is 20.7. The Kier molecular flexibility index (Phi) is 8.42. The molecule has 7 heteroatoms. The third-order valence-electron chi connectivity index (χ3n) is 3.81. The van der Waals surface area contributed by atoms with Gasteiger partial charge < -0.3 is 10.6 Å². The average molecular weight is 412 g/mol. The van der Waals surface area contributed by atoms with E-state index >= 15 is 0 Å². The van der Waals surface area contributed by atoms with Crippen LogP contribution >= 0.6 is 23.2 Å². The monoisotopic (exact) mass is 411 g/mol. The van der Waals surface area contributed by atoms with Crippen LogP contribution in [0.3, 0.4) is 0 Å². The van der Waals surface area contributed by atoms with Gasteiger partial charge in [0.25, 0.3) is 0 Å². The van der Waals surface area contributed by atoms with Crippen LogP contribution in [0.2, 0.25) is 10.0 Å². The minimum Gasteiger partial charge on any atom is -0.355 e. The molecular formula is C19H23Cl2N3OS. The van der Waals surface area contributed by atoms with Crippen LogP contribution < -0.4 is 10.6 Å². The number of rotatable bonds is 7. The lowest BCUT2D eigenvalue weighted by Gasteiger charge is -2.18. The summed E-state index contributed by atoms with van der Waals surface area (Å²) in [5, 5.41) is 7.55. The van der Waals surface area contributed by atoms with Gasteiger partial charge >= 0.3 is 0 Å². The smallest absolute Gasteiger partial charge is 0.191 e. The van der Waals surface area contributed by atoms with Gasteiger partial charge in [-0.25, -0.2) is 0 Å². The minimum absolute atomic E-state index is 0.00535. The molecule has 0 bridgehead atoms. The van der Waals surface area contributed by atoms with E-state index in [1.807, 2.05) is 49.4 Å². The summed E-state index contributed by atoms with van der Waals surface area (Å²) < 4.78 is 12.2. The molecule has 0 aliphatic carbocycles. The lowest BCUT2D eigenvalue weighted by molar-refractivity contribution is 0.676. The third-order valence-corrected chi connectivity index (χ3v) is 5.87. The van der Waals surface area contributed by atoms with Gasteiger partial charge in [-0.1, -0.05) is 59.6 Å². The van der Waals surface area contributed by atoms with Crippen LogP contribution in [0.5, 0.6) is 0 Å². The van der Waals surface area contributed by atoms with E-state index in [1.54, 1.807) is 13.1 Å². The van der Waals surface area contributed by atoms with E-state index in [0.717, 1.165) is 11.1 Å². The fourth-order valence-corrected chi connectivity index (χ4v) is 3.73. The van der Waals surface area contributed by atoms with E-state index in [1.165, 1.54) is 0 Å². The van der Waals surface area contributed by atoms with Crippen molar-refractivity contribution in [2.45, 2.75) is 18.7 Å². The predicted octanol–water partition coefficient (Wildman–Crippen LogP) is 4.17. The maximum Gasteiger partial charge on any atom is 0.191 e. The lowest BCUT2D eigenvalue weighted by atomic mass is 10.1. The van der Waals surface area contributed by atoms with Crippen molar-refractivity contribution in [3.63, 3.8) is 0 Å². The van der Waals surface area contributed by atoms with Crippen LogP contribution in [0.25, 0.3) is 0 Å². The highest BCUT2D eigenvalue weighted by atomic mass is 35.5. The van der Waals surface area contributed by atoms with Crippen molar-refractivity contribution in [2.75, 3.05) is 19.3 Å². The Morgan fingerprint density at radius 1 is 1.15 bits per heavy atom. The van der Waals surface area contributed by atoms with Crippen LogP contribution in [0.1, 0.15) is 24.1 Å². The van der Waals surface area contributed by atoms with E-state index in [-0.39, 0.29) is 6.04 Å². The molecule has 0 saturated heterocycles. The number of aliphatic imine (C=N–C) groups is 1. The van der Waals surface area contributed by atoms with Gasteiger partial charge in [-0.3, -0.25) is 9.20 Å². The van der Waals surface area contributed by atoms with Crippen molar-refractivity contribution in [3.8, 4) is 0 Å². The molecule has 0 spiro atoms. The number of guanidine groups is 1. The SMILES string of the molecule is CN=C(NCCS(=O)Cc1ccccc1)NC(C)c1ccc(Cl)c(Cl)c1. The first-order chi connectivity index (χ1) is 12.5. The number of hydrogen-bond acceptors (Lipinski definition) is 2. The zero-order valence-corrected chi connectivity index (χ0v) is 17.2. The molecule has 0 aromatic heterocycles. The highest BCUT2D eigenvalue weighted by molar-refractivity contribution is 7.84. The van der Waals surface area contributed by atoms with Crippen LogP contribution in [-0.4, -0.2) is 29.5 Å². The maximum absolute atomic E-state index is 12.2. The van der Waals surface area contributed by atoms with E-state index < -0.39 is 10.8 Å². The second-order valence-corrected chi connectivity index (χ2v) is 8.20. The van der Waals surface area contributed by atoms with Gasteiger partial charge in [0.2, 0.25) is 0 Å². The normalized spacial score (nSPS) is 13.9. The zero-order valence-electron chi connectivity index (χ0n) is 14.8. The molecular weight excluding hydrogens is 389 g/mol. The minimum atomic E-state index is -0.921. The van der Waals surface area contributed by atoms with E-state index in [4.69, 9.17) is 23.2 Å². The largest absolute Gasteiger partial charge is 0.355 e. The summed E-state index contributed by atoms with van der Waals surface area (Å²) in [5.74, 6) is 1.77. The quantitative estimate of drug-likeness (QED) is 0.530. The molecule has 0 heterocycles. The molecule has 2 rings (SSSR count). The fourth-order valence-electron chi connectivity index (χ4n) is 2.38. The molecule has 140 valence electrons. The summed E-state index contributed by atoms with van der Waals surface area (Å²) in [6.07, 6.45) is 0. The van der Waals surface area contributed by atoms with E-state index in [0.29, 0.717) is 34.1 Å². The van der Waals surface area contributed by atoms with Gasteiger partial charge in [-0.15, -0.1) is 0 Å². The van der Waals surface area contributed by atoms with Gasteiger partial charge in [0.15, 0.2) is 5.96 Å². The molecule has 2 aromatic rings. The van der Waals surface area contributed by atoms with Gasteiger partial charge in [0, 0.05) is 35.9 Å². The predicted molar refractivity (Wildman–Crippen MR) is 113 cm³/mol. The van der Waals surface area contributed by atoms with Gasteiger partial charge in [-0.2, -0.15) is 0 Å². The van der Waals surface area contributed by atoms with Crippen LogP contribution in [0, 0.1) is 0 Å². The molecule has 0 saturated carbocycles. The van der Waals surface area contributed by atoms with Crippen LogP contribution in [0.15, 0.2) is 53.5 Å². The van der Waals surface area contributed by atoms with Gasteiger partial charge in [0.05, 0.1) is 16.1 Å². The van der Waals surface area contributed by atoms with Gasteiger partial charge in [-0.05, 0) is 30.2 Å². The summed E-state index contributed by atoms with van der Waals surface area (Å²) in [6.45, 7) is 2.59. The Morgan fingerprint density at radius 3 is 2.54 bits per heavy atom. The lowest BCUT2D eigenvalue weighted by Crippen LogP contribution is -2.40. The molecule has 0 radical (unpaired) electrons. The van der Waals surface area contributed by atoms with E-state index in [2.05, 4.69) is 15.6 Å². The second-order valence-electron chi connectivity index (χ2n) is 5.81. The van der Waals surface area contributed by atoms with Crippen molar-refractivity contribution in [1.82, 2.24) is 10.6 Å². The summed E-state index contributed by atoms with van der Waals surface area (Å²) >= 11 is 12.0. The summed E-state index contributed by atoms with van der Waals surface area (Å²) in [5.41, 5.74) is 2.09. The van der Waals surface area contributed by atoms with Crippen molar-refractivity contribution in [1.29, 1.82) is 0 Å². The molecule has 2 N–H and O–H groups in total. The molecule has 0 aliphatic heterocycles. The molecule has 26 heavy (non-hydrogen) atoms. The van der Waals surface area contributed by atoms with Crippen LogP contribution in [-0.2, 0) is 16.6 Å². The van der Waals surface area contributed by atoms with Crippen molar-refractivity contribution in [3.05, 3.63) is 69.7 Å². The Hall–Kier alpha value is -1.56. The van der Waals surface area contributed by atoms with E-state index in [9.17, 15) is 4.21 Å². The summed E-state index contributed by atoms with van der Waals surface area (Å²) in [6, 6.07) is 15.4. The molecule has 2 aromatic carbocycles. The maximum atomic E-state index is 12.2. The standard InChI is InChI=1S/C19H23Cl2N3OS/c1-14(16-8-9-17(20)18(21)12-16)24-19(22-2)23-10-11-26(25)13-15-6-4-3-5-7-15/h3-9,12,14H,10-11,13H2,1-2H3,(H2,22,23,24). The number of halogens is 2.